The zero-order valence-electron chi connectivity index (χ0n) is 28.5. The molecule has 3 aromatic rings. The van der Waals surface area contributed by atoms with Gasteiger partial charge in [-0.1, -0.05) is 52.8 Å². The van der Waals surface area contributed by atoms with Crippen LogP contribution < -0.4 is 19.3 Å². The predicted octanol–water partition coefficient (Wildman–Crippen LogP) is 8.34. The molecule has 0 fully saturated rings. The van der Waals surface area contributed by atoms with Gasteiger partial charge in [-0.15, -0.1) is 11.6 Å². The molecule has 0 N–H and O–H groups in total. The molecule has 0 radical (unpaired) electrons. The van der Waals surface area contributed by atoms with E-state index in [1.165, 1.54) is 0 Å². The third kappa shape index (κ3) is 9.01. The molecule has 0 spiro atoms. The molecule has 0 aliphatic carbocycles. The average molecular weight is 712 g/mol. The molecular weight excluding hydrogens is 666 g/mol. The fourth-order valence-electron chi connectivity index (χ4n) is 6.09. The van der Waals surface area contributed by atoms with Gasteiger partial charge in [0, 0.05) is 60.4 Å². The van der Waals surface area contributed by atoms with Gasteiger partial charge in [0.05, 0.1) is 44.2 Å². The van der Waals surface area contributed by atoms with Crippen LogP contribution in [0.1, 0.15) is 54.2 Å². The number of fused-ring (bicyclic) bond motifs is 4. The Morgan fingerprint density at radius 1 is 1.02 bits per heavy atom. The molecular formula is C37H46ClN3O5S2. The molecule has 0 saturated carbocycles. The molecule has 1 amide bonds. The molecule has 0 aromatic heterocycles. The third-order valence-electron chi connectivity index (χ3n) is 8.19. The number of para-hydroxylation sites is 1. The first kappa shape index (κ1) is 36.4. The van der Waals surface area contributed by atoms with E-state index in [1.54, 1.807) is 30.0 Å². The number of amides is 1. The Labute approximate surface area is 297 Å². The highest BCUT2D eigenvalue weighted by molar-refractivity contribution is 8.77. The van der Waals surface area contributed by atoms with Crippen LogP contribution in [-0.2, 0) is 28.4 Å². The van der Waals surface area contributed by atoms with Crippen molar-refractivity contribution in [2.24, 2.45) is 4.99 Å². The largest absolute Gasteiger partial charge is 0.493 e. The summed E-state index contributed by atoms with van der Waals surface area (Å²) in [5.74, 6) is 1.29. The Bertz CT molecular complexity index is 1590. The van der Waals surface area contributed by atoms with E-state index in [2.05, 4.69) is 56.2 Å². The Morgan fingerprint density at radius 2 is 1.79 bits per heavy atom. The number of hydrogen-bond acceptors (Lipinski definition) is 9. The van der Waals surface area contributed by atoms with Gasteiger partial charge < -0.3 is 23.8 Å². The van der Waals surface area contributed by atoms with E-state index in [0.717, 1.165) is 60.6 Å². The van der Waals surface area contributed by atoms with Crippen LogP contribution in [0.25, 0.3) is 0 Å². The molecule has 0 bridgehead atoms. The number of carbonyl (C=O) groups excluding carboxylic acids is 1. The van der Waals surface area contributed by atoms with Crippen LogP contribution in [-0.4, -0.2) is 75.8 Å². The first-order valence-corrected chi connectivity index (χ1v) is 19.5. The molecule has 2 aliphatic heterocycles. The second-order valence-electron chi connectivity index (χ2n) is 12.5. The van der Waals surface area contributed by atoms with Crippen LogP contribution in [0.2, 0.25) is 0 Å². The molecule has 1 atom stereocenters. The molecule has 2 heterocycles. The van der Waals surface area contributed by atoms with Crippen molar-refractivity contribution in [3.63, 3.8) is 0 Å². The highest BCUT2D eigenvalue weighted by Crippen LogP contribution is 2.41. The first-order chi connectivity index (χ1) is 23.3. The van der Waals surface area contributed by atoms with Crippen LogP contribution in [0.15, 0.2) is 59.6 Å². The van der Waals surface area contributed by atoms with Crippen molar-refractivity contribution < 1.29 is 23.7 Å². The molecule has 8 nitrogen and oxygen atoms in total. The number of halogens is 1. The normalized spacial score (nSPS) is 15.2. The van der Waals surface area contributed by atoms with Gasteiger partial charge in [0.15, 0.2) is 11.5 Å². The highest BCUT2D eigenvalue weighted by Gasteiger charge is 2.36. The number of benzene rings is 3. The molecule has 0 unspecified atom stereocenters. The number of methoxy groups -OCH3 is 1. The Balaban J connectivity index is 1.35. The molecule has 258 valence electrons. The number of anilines is 2. The highest BCUT2D eigenvalue weighted by atomic mass is 35.5. The summed E-state index contributed by atoms with van der Waals surface area (Å²) in [6.45, 7) is 11.0. The lowest BCUT2D eigenvalue weighted by Gasteiger charge is -2.34. The lowest BCUT2D eigenvalue weighted by molar-refractivity contribution is 0.0505. The van der Waals surface area contributed by atoms with Crippen molar-refractivity contribution >= 4 is 62.4 Å². The monoisotopic (exact) mass is 711 g/mol. The minimum absolute atomic E-state index is 0.00158. The predicted molar refractivity (Wildman–Crippen MR) is 202 cm³/mol. The van der Waals surface area contributed by atoms with E-state index in [1.807, 2.05) is 40.1 Å². The van der Waals surface area contributed by atoms with E-state index < -0.39 is 0 Å². The summed E-state index contributed by atoms with van der Waals surface area (Å²) in [5, 5.41) is 0. The SMILES string of the molecule is CCCOCCOCCN(CC(C)(C)SSC)c1cc(CCl)cc(COc2cc3c(cc2OC)C(=O)N2c4ccccc4C[C@H]2C=N3)c1. The second-order valence-corrected chi connectivity index (χ2v) is 15.8. The second kappa shape index (κ2) is 17.2. The van der Waals surface area contributed by atoms with Crippen LogP contribution in [0.5, 0.6) is 11.5 Å². The van der Waals surface area contributed by atoms with Gasteiger partial charge in [-0.05, 0) is 67.5 Å². The van der Waals surface area contributed by atoms with E-state index in [-0.39, 0.29) is 23.3 Å². The molecule has 3 aromatic carbocycles. The minimum Gasteiger partial charge on any atom is -0.493 e. The van der Waals surface area contributed by atoms with Gasteiger partial charge >= 0.3 is 0 Å². The maximum atomic E-state index is 13.8. The maximum Gasteiger partial charge on any atom is 0.261 e. The number of hydrogen-bond donors (Lipinski definition) is 0. The van der Waals surface area contributed by atoms with Gasteiger partial charge in [-0.3, -0.25) is 14.7 Å². The molecule has 0 saturated heterocycles. The van der Waals surface area contributed by atoms with Gasteiger partial charge in [0.2, 0.25) is 0 Å². The van der Waals surface area contributed by atoms with Crippen LogP contribution >= 0.6 is 33.2 Å². The summed E-state index contributed by atoms with van der Waals surface area (Å²) in [6, 6.07) is 17.8. The summed E-state index contributed by atoms with van der Waals surface area (Å²) in [4.78, 5) is 22.8. The van der Waals surface area contributed by atoms with Crippen LogP contribution in [0.3, 0.4) is 0 Å². The van der Waals surface area contributed by atoms with E-state index in [4.69, 9.17) is 35.5 Å². The lowest BCUT2D eigenvalue weighted by Crippen LogP contribution is -2.38. The summed E-state index contributed by atoms with van der Waals surface area (Å²) in [7, 11) is 5.22. The Kier molecular flexibility index (Phi) is 13.0. The summed E-state index contributed by atoms with van der Waals surface area (Å²) in [6.07, 6.45) is 5.72. The molecule has 11 heteroatoms. The van der Waals surface area contributed by atoms with E-state index >= 15 is 0 Å². The molecule has 48 heavy (non-hydrogen) atoms. The van der Waals surface area contributed by atoms with Gasteiger partial charge in [0.25, 0.3) is 5.91 Å². The van der Waals surface area contributed by atoms with Crippen LogP contribution in [0.4, 0.5) is 17.1 Å². The summed E-state index contributed by atoms with van der Waals surface area (Å²) in [5.41, 5.74) is 6.18. The topological polar surface area (TPSA) is 72.8 Å². The number of rotatable bonds is 18. The zero-order valence-corrected chi connectivity index (χ0v) is 30.9. The third-order valence-corrected chi connectivity index (χ3v) is 11.1. The fourth-order valence-corrected chi connectivity index (χ4v) is 8.41. The van der Waals surface area contributed by atoms with Gasteiger partial charge in [-0.2, -0.15) is 0 Å². The van der Waals surface area contributed by atoms with Crippen molar-refractivity contribution in [1.29, 1.82) is 0 Å². The number of ether oxygens (including phenoxy) is 4. The van der Waals surface area contributed by atoms with Crippen molar-refractivity contribution in [3.05, 3.63) is 76.9 Å². The van der Waals surface area contributed by atoms with Gasteiger partial charge in [0.1, 0.15) is 6.61 Å². The number of nitrogens with zero attached hydrogens (tertiary/aromatic N) is 3. The summed E-state index contributed by atoms with van der Waals surface area (Å²) >= 11 is 6.41. The number of alkyl halides is 1. The zero-order chi connectivity index (χ0) is 34.1. The molecule has 2 aliphatic rings. The quantitative estimate of drug-likeness (QED) is 0.0741. The van der Waals surface area contributed by atoms with Crippen molar-refractivity contribution in [3.8, 4) is 11.5 Å². The maximum absolute atomic E-state index is 13.8. The van der Waals surface area contributed by atoms with E-state index in [9.17, 15) is 4.79 Å². The van der Waals surface area contributed by atoms with Crippen molar-refractivity contribution in [2.45, 2.75) is 56.9 Å². The van der Waals surface area contributed by atoms with Crippen molar-refractivity contribution in [2.75, 3.05) is 62.7 Å². The van der Waals surface area contributed by atoms with Crippen molar-refractivity contribution in [1.82, 2.24) is 0 Å². The Morgan fingerprint density at radius 3 is 2.54 bits per heavy atom. The first-order valence-electron chi connectivity index (χ1n) is 16.4. The lowest BCUT2D eigenvalue weighted by atomic mass is 10.1. The van der Waals surface area contributed by atoms with Gasteiger partial charge in [-0.25, -0.2) is 0 Å². The van der Waals surface area contributed by atoms with Crippen LogP contribution in [0, 0.1) is 0 Å². The molecule has 5 rings (SSSR count). The number of carbonyl (C=O) groups is 1. The fraction of sp³-hybridized carbons (Fsp3) is 0.459. The Hall–Kier alpha value is -2.89. The standard InChI is InChI=1S/C37H46ClN3O5S2/c1-6-12-44-14-15-45-13-11-40(25-37(2,3)48-47-5)29-17-26(22-38)16-27(18-29)24-46-35-21-32-31(20-34(35)43-4)36(42)41-30(23-39-32)19-28-9-7-8-10-33(28)41/h7-10,16-18,20-21,23,30H,6,11-15,19,22,24-25H2,1-5H3/t30-/m0/s1. The number of aliphatic imine (C=N–C) groups is 1. The van der Waals surface area contributed by atoms with E-state index in [0.29, 0.717) is 48.5 Å². The smallest absolute Gasteiger partial charge is 0.261 e. The average Bonchev–Trinajstić information content (AvgIpc) is 3.40. The minimum atomic E-state index is -0.128. The summed E-state index contributed by atoms with van der Waals surface area (Å²) < 4.78 is 23.7.